The summed E-state index contributed by atoms with van der Waals surface area (Å²) < 4.78 is 0. The van der Waals surface area contributed by atoms with E-state index in [4.69, 9.17) is 0 Å². The molecule has 1 aromatic carbocycles. The lowest BCUT2D eigenvalue weighted by atomic mass is 10.2. The Morgan fingerprint density at radius 1 is 1.30 bits per heavy atom. The molecule has 2 aromatic rings. The van der Waals surface area contributed by atoms with Crippen molar-refractivity contribution in [3.8, 4) is 11.3 Å². The molecule has 0 saturated carbocycles. The van der Waals surface area contributed by atoms with E-state index in [9.17, 15) is 4.79 Å². The molecule has 7 nitrogen and oxygen atoms in total. The smallest absolute Gasteiger partial charge is 0.221 e. The van der Waals surface area contributed by atoms with Crippen molar-refractivity contribution in [2.75, 3.05) is 20.6 Å². The molecule has 1 aromatic heterocycles. The van der Waals surface area contributed by atoms with Crippen LogP contribution in [0.2, 0.25) is 0 Å². The Bertz CT molecular complexity index is 729. The van der Waals surface area contributed by atoms with Crippen LogP contribution in [-0.4, -0.2) is 53.4 Å². The maximum atomic E-state index is 11.7. The van der Waals surface area contributed by atoms with Gasteiger partial charge in [-0.1, -0.05) is 30.3 Å². The monoisotopic (exact) mass is 484 g/mol. The predicted molar refractivity (Wildman–Crippen MR) is 120 cm³/mol. The average molecular weight is 484 g/mol. The highest BCUT2D eigenvalue weighted by atomic mass is 127. The summed E-state index contributed by atoms with van der Waals surface area (Å²) in [4.78, 5) is 25.7. The number of halogens is 1. The van der Waals surface area contributed by atoms with Crippen molar-refractivity contribution in [1.82, 2.24) is 25.5 Å². The van der Waals surface area contributed by atoms with Crippen LogP contribution in [0, 0.1) is 0 Å². The molecule has 0 bridgehead atoms. The van der Waals surface area contributed by atoms with Crippen LogP contribution in [0.15, 0.2) is 41.5 Å². The highest BCUT2D eigenvalue weighted by Gasteiger charge is 2.10. The number of benzene rings is 1. The number of carbonyl (C=O) groups is 1. The summed E-state index contributed by atoms with van der Waals surface area (Å²) in [5, 5.41) is 6.08. The van der Waals surface area contributed by atoms with Gasteiger partial charge in [-0.3, -0.25) is 9.79 Å². The van der Waals surface area contributed by atoms with Gasteiger partial charge in [-0.15, -0.1) is 24.0 Å². The summed E-state index contributed by atoms with van der Waals surface area (Å²) in [7, 11) is 3.67. The van der Waals surface area contributed by atoms with Crippen LogP contribution < -0.4 is 10.6 Å². The molecule has 0 atom stereocenters. The second-order valence-electron chi connectivity index (χ2n) is 6.41. The first kappa shape index (κ1) is 22.9. The van der Waals surface area contributed by atoms with Crippen molar-refractivity contribution in [2.45, 2.75) is 32.9 Å². The molecule has 0 aliphatic rings. The Morgan fingerprint density at radius 2 is 2.00 bits per heavy atom. The average Bonchev–Trinajstić information content (AvgIpc) is 3.07. The van der Waals surface area contributed by atoms with Gasteiger partial charge in [0.05, 0.1) is 18.4 Å². The van der Waals surface area contributed by atoms with Crippen LogP contribution in [0.4, 0.5) is 0 Å². The number of aliphatic imine (C=N–C) groups is 1. The van der Waals surface area contributed by atoms with Crippen molar-refractivity contribution in [3.05, 3.63) is 42.4 Å². The molecule has 3 N–H and O–H groups in total. The molecule has 27 heavy (non-hydrogen) atoms. The summed E-state index contributed by atoms with van der Waals surface area (Å²) in [5.74, 6) is 1.61. The first-order chi connectivity index (χ1) is 12.5. The first-order valence-electron chi connectivity index (χ1n) is 8.80. The minimum atomic E-state index is 0. The van der Waals surface area contributed by atoms with E-state index < -0.39 is 0 Å². The Labute approximate surface area is 178 Å². The highest BCUT2D eigenvalue weighted by molar-refractivity contribution is 14.0. The SMILES string of the molecule is CN=C(NCCC(=O)NC(C)C)N(C)Cc1ncc(-c2ccccc2)[nH]1.I. The summed E-state index contributed by atoms with van der Waals surface area (Å²) in [6.07, 6.45) is 2.24. The Kier molecular flexibility index (Phi) is 9.84. The molecule has 0 radical (unpaired) electrons. The Balaban J connectivity index is 0.00000364. The lowest BCUT2D eigenvalue weighted by molar-refractivity contribution is -0.121. The number of aromatic amines is 1. The quantitative estimate of drug-likeness (QED) is 0.321. The number of nitrogens with zero attached hydrogens (tertiary/aromatic N) is 3. The van der Waals surface area contributed by atoms with E-state index in [0.717, 1.165) is 23.0 Å². The zero-order valence-corrected chi connectivity index (χ0v) is 18.7. The Morgan fingerprint density at radius 3 is 2.63 bits per heavy atom. The molecule has 0 unspecified atom stereocenters. The van der Waals surface area contributed by atoms with Crippen LogP contribution in [0.5, 0.6) is 0 Å². The number of H-pyrrole nitrogens is 1. The molecule has 0 saturated heterocycles. The number of imidazole rings is 1. The molecule has 0 spiro atoms. The van der Waals surface area contributed by atoms with Gasteiger partial charge in [0.1, 0.15) is 5.82 Å². The number of guanidine groups is 1. The van der Waals surface area contributed by atoms with E-state index in [2.05, 4.69) is 25.6 Å². The van der Waals surface area contributed by atoms with Crippen LogP contribution >= 0.6 is 24.0 Å². The van der Waals surface area contributed by atoms with Gasteiger partial charge in [-0.25, -0.2) is 4.98 Å². The van der Waals surface area contributed by atoms with E-state index >= 15 is 0 Å². The number of carbonyl (C=O) groups excluding carboxylic acids is 1. The lowest BCUT2D eigenvalue weighted by Gasteiger charge is -2.21. The lowest BCUT2D eigenvalue weighted by Crippen LogP contribution is -2.41. The topological polar surface area (TPSA) is 85.4 Å². The normalized spacial score (nSPS) is 11.1. The number of aromatic nitrogens is 2. The molecule has 0 fully saturated rings. The molecule has 0 aliphatic carbocycles. The van der Waals surface area contributed by atoms with E-state index in [1.165, 1.54) is 0 Å². The van der Waals surface area contributed by atoms with E-state index in [1.54, 1.807) is 7.05 Å². The standard InChI is InChI=1S/C19H28N6O.HI/c1-14(2)23-18(26)10-11-21-19(20-3)25(4)13-17-22-12-16(24-17)15-8-6-5-7-9-15;/h5-9,12,14H,10-11,13H2,1-4H3,(H,20,21)(H,22,24)(H,23,26);1H. The molecule has 8 heteroatoms. The van der Waals surface area contributed by atoms with E-state index in [-0.39, 0.29) is 35.9 Å². The van der Waals surface area contributed by atoms with Crippen LogP contribution in [0.25, 0.3) is 11.3 Å². The van der Waals surface area contributed by atoms with Gasteiger partial charge in [0.2, 0.25) is 5.91 Å². The number of amides is 1. The van der Waals surface area contributed by atoms with Gasteiger partial charge in [0.15, 0.2) is 5.96 Å². The molecule has 148 valence electrons. The fraction of sp³-hybridized carbons (Fsp3) is 0.421. The van der Waals surface area contributed by atoms with Crippen LogP contribution in [0.1, 0.15) is 26.1 Å². The van der Waals surface area contributed by atoms with Gasteiger partial charge in [-0.05, 0) is 19.4 Å². The van der Waals surface area contributed by atoms with E-state index in [0.29, 0.717) is 19.5 Å². The summed E-state index contributed by atoms with van der Waals surface area (Å²) in [5.41, 5.74) is 2.09. The molecular weight excluding hydrogens is 455 g/mol. The number of hydrogen-bond donors (Lipinski definition) is 3. The first-order valence-corrected chi connectivity index (χ1v) is 8.80. The zero-order chi connectivity index (χ0) is 18.9. The molecule has 2 rings (SSSR count). The predicted octanol–water partition coefficient (Wildman–Crippen LogP) is 2.62. The minimum absolute atomic E-state index is 0. The molecule has 1 heterocycles. The zero-order valence-electron chi connectivity index (χ0n) is 16.3. The fourth-order valence-corrected chi connectivity index (χ4v) is 2.57. The van der Waals surface area contributed by atoms with Crippen molar-refractivity contribution in [2.24, 2.45) is 4.99 Å². The number of nitrogens with one attached hydrogen (secondary N) is 3. The molecule has 0 aliphatic heterocycles. The molecular formula is C19H29IN6O. The van der Waals surface area contributed by atoms with Crippen molar-refractivity contribution >= 4 is 35.8 Å². The number of hydrogen-bond acceptors (Lipinski definition) is 3. The van der Waals surface area contributed by atoms with Crippen molar-refractivity contribution in [1.29, 1.82) is 0 Å². The van der Waals surface area contributed by atoms with Gasteiger partial charge >= 0.3 is 0 Å². The molecule has 1 amide bonds. The van der Waals surface area contributed by atoms with Gasteiger partial charge in [0, 0.05) is 33.1 Å². The van der Waals surface area contributed by atoms with Crippen molar-refractivity contribution in [3.63, 3.8) is 0 Å². The summed E-state index contributed by atoms with van der Waals surface area (Å²) in [6, 6.07) is 10.2. The van der Waals surface area contributed by atoms with Crippen LogP contribution in [0.3, 0.4) is 0 Å². The minimum Gasteiger partial charge on any atom is -0.356 e. The highest BCUT2D eigenvalue weighted by Crippen LogP contribution is 2.16. The summed E-state index contributed by atoms with van der Waals surface area (Å²) in [6.45, 7) is 5.02. The second kappa shape index (κ2) is 11.6. The fourth-order valence-electron chi connectivity index (χ4n) is 2.57. The van der Waals surface area contributed by atoms with Gasteiger partial charge in [-0.2, -0.15) is 0 Å². The summed E-state index contributed by atoms with van der Waals surface area (Å²) >= 11 is 0. The van der Waals surface area contributed by atoms with Gasteiger partial charge < -0.3 is 20.5 Å². The van der Waals surface area contributed by atoms with E-state index in [1.807, 2.05) is 62.3 Å². The maximum Gasteiger partial charge on any atom is 0.221 e. The van der Waals surface area contributed by atoms with Crippen LogP contribution in [-0.2, 0) is 11.3 Å². The Hall–Kier alpha value is -2.10. The maximum absolute atomic E-state index is 11.7. The third kappa shape index (κ3) is 7.58. The largest absolute Gasteiger partial charge is 0.356 e. The van der Waals surface area contributed by atoms with Gasteiger partial charge in [0.25, 0.3) is 0 Å². The second-order valence-corrected chi connectivity index (χ2v) is 6.41. The third-order valence-corrected chi connectivity index (χ3v) is 3.76. The number of rotatable bonds is 7. The van der Waals surface area contributed by atoms with Crippen molar-refractivity contribution < 1.29 is 4.79 Å². The third-order valence-electron chi connectivity index (χ3n) is 3.76.